The Morgan fingerprint density at radius 3 is 2.27 bits per heavy atom. The molecule has 1 heterocycles. The molecule has 1 saturated carbocycles. The van der Waals surface area contributed by atoms with Crippen LogP contribution in [0.15, 0.2) is 0 Å². The number of rotatable bonds is 4. The molecular weight excluding hydrogens is 192 g/mol. The lowest BCUT2D eigenvalue weighted by Crippen LogP contribution is -2.33. The van der Waals surface area contributed by atoms with E-state index in [1.54, 1.807) is 4.90 Å². The predicted octanol–water partition coefficient (Wildman–Crippen LogP) is 1.18. The van der Waals surface area contributed by atoms with Gasteiger partial charge in [0.25, 0.3) is 0 Å². The summed E-state index contributed by atoms with van der Waals surface area (Å²) in [5.74, 6) is 2.07. The Balaban J connectivity index is 1.77. The molecular formula is C11H20N2O2. The fourth-order valence-corrected chi connectivity index (χ4v) is 2.86. The molecule has 2 rings (SSSR count). The summed E-state index contributed by atoms with van der Waals surface area (Å²) >= 11 is 0. The Morgan fingerprint density at radius 2 is 1.87 bits per heavy atom. The summed E-state index contributed by atoms with van der Waals surface area (Å²) in [6.45, 7) is 9.29. The summed E-state index contributed by atoms with van der Waals surface area (Å²) in [7, 11) is 0. The van der Waals surface area contributed by atoms with Crippen molar-refractivity contribution in [2.24, 2.45) is 17.8 Å². The molecule has 86 valence electrons. The lowest BCUT2D eigenvalue weighted by atomic mass is 10.2. The van der Waals surface area contributed by atoms with Gasteiger partial charge in [0, 0.05) is 19.6 Å². The molecule has 2 atom stereocenters. The Bertz CT molecular complexity index is 241. The van der Waals surface area contributed by atoms with Gasteiger partial charge in [0.05, 0.1) is 0 Å². The fraction of sp³-hybridized carbons (Fsp3) is 0.909. The van der Waals surface area contributed by atoms with Crippen molar-refractivity contribution in [2.75, 3.05) is 32.7 Å². The fourth-order valence-electron chi connectivity index (χ4n) is 2.86. The van der Waals surface area contributed by atoms with Crippen LogP contribution in [0, 0.1) is 17.8 Å². The van der Waals surface area contributed by atoms with Gasteiger partial charge in [-0.1, -0.05) is 13.8 Å². The van der Waals surface area contributed by atoms with Crippen LogP contribution in [0.3, 0.4) is 0 Å². The van der Waals surface area contributed by atoms with E-state index < -0.39 is 6.09 Å². The van der Waals surface area contributed by atoms with E-state index in [-0.39, 0.29) is 0 Å². The molecule has 4 nitrogen and oxygen atoms in total. The molecule has 0 spiro atoms. The van der Waals surface area contributed by atoms with E-state index in [4.69, 9.17) is 5.11 Å². The minimum Gasteiger partial charge on any atom is -0.465 e. The van der Waals surface area contributed by atoms with Crippen molar-refractivity contribution >= 4 is 6.09 Å². The zero-order valence-corrected chi connectivity index (χ0v) is 9.52. The first-order valence-corrected chi connectivity index (χ1v) is 5.87. The van der Waals surface area contributed by atoms with Crippen molar-refractivity contribution in [1.82, 2.24) is 9.80 Å². The second kappa shape index (κ2) is 4.00. The van der Waals surface area contributed by atoms with Gasteiger partial charge >= 0.3 is 6.09 Å². The van der Waals surface area contributed by atoms with Gasteiger partial charge < -0.3 is 14.9 Å². The van der Waals surface area contributed by atoms with Crippen LogP contribution in [-0.2, 0) is 0 Å². The summed E-state index contributed by atoms with van der Waals surface area (Å²) < 4.78 is 0. The van der Waals surface area contributed by atoms with E-state index in [0.29, 0.717) is 11.8 Å². The largest absolute Gasteiger partial charge is 0.465 e. The smallest absolute Gasteiger partial charge is 0.407 e. The number of carbonyl (C=O) groups is 1. The molecule has 1 N–H and O–H groups in total. The number of nitrogens with zero attached hydrogens (tertiary/aromatic N) is 2. The van der Waals surface area contributed by atoms with Gasteiger partial charge in [0.1, 0.15) is 0 Å². The predicted molar refractivity (Wildman–Crippen MR) is 57.9 cm³/mol. The SMILES string of the molecule is CCN(CC)CC1C2CN(C(=O)O)CC12. The zero-order valence-electron chi connectivity index (χ0n) is 9.52. The Kier molecular flexibility index (Phi) is 2.87. The van der Waals surface area contributed by atoms with Crippen molar-refractivity contribution in [1.29, 1.82) is 0 Å². The standard InChI is InChI=1S/C11H20N2O2/c1-3-12(4-2)5-8-9-6-13(11(14)15)7-10(8)9/h8-10H,3-7H2,1-2H3,(H,14,15). The first-order chi connectivity index (χ1) is 7.17. The molecule has 0 aromatic carbocycles. The highest BCUT2D eigenvalue weighted by atomic mass is 16.4. The van der Waals surface area contributed by atoms with Crippen LogP contribution in [0.25, 0.3) is 0 Å². The number of hydrogen-bond acceptors (Lipinski definition) is 2. The molecule has 0 aromatic rings. The first-order valence-electron chi connectivity index (χ1n) is 5.87. The molecule has 2 unspecified atom stereocenters. The van der Waals surface area contributed by atoms with Crippen LogP contribution in [0.5, 0.6) is 0 Å². The van der Waals surface area contributed by atoms with E-state index in [1.807, 2.05) is 0 Å². The summed E-state index contributed by atoms with van der Waals surface area (Å²) in [5.41, 5.74) is 0. The van der Waals surface area contributed by atoms with Gasteiger partial charge in [-0.15, -0.1) is 0 Å². The summed E-state index contributed by atoms with van der Waals surface area (Å²) in [6, 6.07) is 0. The van der Waals surface area contributed by atoms with Crippen molar-refractivity contribution in [2.45, 2.75) is 13.8 Å². The average molecular weight is 212 g/mol. The molecule has 1 aliphatic carbocycles. The van der Waals surface area contributed by atoms with Gasteiger partial charge in [-0.05, 0) is 30.8 Å². The van der Waals surface area contributed by atoms with Crippen molar-refractivity contribution in [3.8, 4) is 0 Å². The minimum absolute atomic E-state index is 0.654. The van der Waals surface area contributed by atoms with E-state index in [1.165, 1.54) is 0 Å². The lowest BCUT2D eigenvalue weighted by Gasteiger charge is -2.21. The highest BCUT2D eigenvalue weighted by Gasteiger charge is 2.56. The maximum atomic E-state index is 10.7. The topological polar surface area (TPSA) is 43.8 Å². The monoisotopic (exact) mass is 212 g/mol. The molecule has 0 bridgehead atoms. The highest BCUT2D eigenvalue weighted by Crippen LogP contribution is 2.51. The molecule has 2 fully saturated rings. The van der Waals surface area contributed by atoms with Gasteiger partial charge in [-0.25, -0.2) is 4.79 Å². The van der Waals surface area contributed by atoms with E-state index >= 15 is 0 Å². The number of hydrogen-bond donors (Lipinski definition) is 1. The Hall–Kier alpha value is -0.770. The molecule has 1 aliphatic heterocycles. The molecule has 1 saturated heterocycles. The maximum absolute atomic E-state index is 10.7. The quantitative estimate of drug-likeness (QED) is 0.761. The van der Waals surface area contributed by atoms with Gasteiger partial charge in [0.15, 0.2) is 0 Å². The highest BCUT2D eigenvalue weighted by molar-refractivity contribution is 5.65. The third-order valence-electron chi connectivity index (χ3n) is 4.01. The van der Waals surface area contributed by atoms with Crippen molar-refractivity contribution in [3.05, 3.63) is 0 Å². The van der Waals surface area contributed by atoms with Crippen LogP contribution >= 0.6 is 0 Å². The lowest BCUT2D eigenvalue weighted by molar-refractivity contribution is 0.146. The van der Waals surface area contributed by atoms with Crippen LogP contribution in [-0.4, -0.2) is 53.7 Å². The third-order valence-corrected chi connectivity index (χ3v) is 4.01. The van der Waals surface area contributed by atoms with Crippen LogP contribution in [0.2, 0.25) is 0 Å². The minimum atomic E-state index is -0.746. The van der Waals surface area contributed by atoms with Gasteiger partial charge in [-0.3, -0.25) is 0 Å². The van der Waals surface area contributed by atoms with Gasteiger partial charge in [0.2, 0.25) is 0 Å². The van der Waals surface area contributed by atoms with Crippen LogP contribution in [0.1, 0.15) is 13.8 Å². The van der Waals surface area contributed by atoms with E-state index in [2.05, 4.69) is 18.7 Å². The summed E-state index contributed by atoms with van der Waals surface area (Å²) in [5, 5.41) is 8.83. The average Bonchev–Trinajstić information content (AvgIpc) is 2.68. The van der Waals surface area contributed by atoms with Crippen LogP contribution < -0.4 is 0 Å². The second-order valence-corrected chi connectivity index (χ2v) is 4.66. The number of fused-ring (bicyclic) bond motifs is 1. The van der Waals surface area contributed by atoms with Gasteiger partial charge in [-0.2, -0.15) is 0 Å². The summed E-state index contributed by atoms with van der Waals surface area (Å²) in [6.07, 6.45) is -0.746. The molecule has 0 aromatic heterocycles. The molecule has 15 heavy (non-hydrogen) atoms. The Labute approximate surface area is 90.9 Å². The van der Waals surface area contributed by atoms with Crippen molar-refractivity contribution in [3.63, 3.8) is 0 Å². The molecule has 0 radical (unpaired) electrons. The zero-order chi connectivity index (χ0) is 11.0. The van der Waals surface area contributed by atoms with E-state index in [9.17, 15) is 4.79 Å². The normalized spacial score (nSPS) is 33.3. The number of amides is 1. The number of likely N-dealkylation sites (tertiary alicyclic amines) is 1. The Morgan fingerprint density at radius 1 is 1.33 bits per heavy atom. The maximum Gasteiger partial charge on any atom is 0.407 e. The number of carboxylic acid groups (broad SMARTS) is 1. The third kappa shape index (κ3) is 1.95. The molecule has 4 heteroatoms. The second-order valence-electron chi connectivity index (χ2n) is 4.66. The first kappa shape index (κ1) is 10.7. The van der Waals surface area contributed by atoms with Crippen LogP contribution in [0.4, 0.5) is 4.79 Å². The molecule has 1 amide bonds. The number of piperidine rings is 1. The molecule has 2 aliphatic rings. The van der Waals surface area contributed by atoms with E-state index in [0.717, 1.165) is 38.6 Å². The summed E-state index contributed by atoms with van der Waals surface area (Å²) in [4.78, 5) is 14.7. The van der Waals surface area contributed by atoms with Crippen molar-refractivity contribution < 1.29 is 9.90 Å².